The van der Waals surface area contributed by atoms with E-state index in [2.05, 4.69) is 9.62 Å². The van der Waals surface area contributed by atoms with Gasteiger partial charge in [0.1, 0.15) is 5.75 Å². The second-order valence-corrected chi connectivity index (χ2v) is 7.76. The van der Waals surface area contributed by atoms with Crippen LogP contribution in [-0.4, -0.2) is 35.7 Å². The first-order chi connectivity index (χ1) is 11.9. The minimum absolute atomic E-state index is 0.308. The zero-order valence-electron chi connectivity index (χ0n) is 15.2. The van der Waals surface area contributed by atoms with Gasteiger partial charge in [0.05, 0.1) is 12.0 Å². The Kier molecular flexibility index (Phi) is 6.45. The molecule has 0 aliphatic carbocycles. The van der Waals surface area contributed by atoms with Gasteiger partial charge in [0.25, 0.3) is 0 Å². The van der Waals surface area contributed by atoms with E-state index in [0.717, 1.165) is 24.2 Å². The van der Waals surface area contributed by atoms with Crippen LogP contribution in [-0.2, 0) is 10.0 Å². The van der Waals surface area contributed by atoms with E-state index in [9.17, 15) is 8.42 Å². The average Bonchev–Trinajstić information content (AvgIpc) is 2.61. The number of methoxy groups -OCH3 is 1. The van der Waals surface area contributed by atoms with Crippen molar-refractivity contribution in [3.8, 4) is 5.75 Å². The Hall–Kier alpha value is -2.05. The Morgan fingerprint density at radius 3 is 2.36 bits per heavy atom. The Bertz CT molecular complexity index is 805. The number of para-hydroxylation sites is 1. The molecule has 0 fully saturated rings. The normalized spacial score (nSPS) is 11.4. The maximum Gasteiger partial charge on any atom is 0.240 e. The fourth-order valence-electron chi connectivity index (χ4n) is 2.70. The fourth-order valence-corrected chi connectivity index (χ4v) is 4.07. The smallest absolute Gasteiger partial charge is 0.240 e. The summed E-state index contributed by atoms with van der Waals surface area (Å²) in [4.78, 5) is 2.42. The lowest BCUT2D eigenvalue weighted by atomic mass is 10.1. The molecule has 136 valence electrons. The summed E-state index contributed by atoms with van der Waals surface area (Å²) in [5.74, 6) is 0.695. The topological polar surface area (TPSA) is 58.6 Å². The molecule has 0 atom stereocenters. The van der Waals surface area contributed by atoms with Crippen molar-refractivity contribution in [3.63, 3.8) is 0 Å². The lowest BCUT2D eigenvalue weighted by molar-refractivity contribution is 0.410. The highest BCUT2D eigenvalue weighted by Crippen LogP contribution is 2.26. The first kappa shape index (κ1) is 19.3. The number of rotatable bonds is 8. The van der Waals surface area contributed by atoms with Crippen LogP contribution in [0, 0.1) is 13.8 Å². The summed E-state index contributed by atoms with van der Waals surface area (Å²) in [6, 6.07) is 13.3. The van der Waals surface area contributed by atoms with Crippen LogP contribution in [0.1, 0.15) is 17.5 Å². The summed E-state index contributed by atoms with van der Waals surface area (Å²) in [7, 11) is 0.0565. The third kappa shape index (κ3) is 4.74. The van der Waals surface area contributed by atoms with E-state index < -0.39 is 10.0 Å². The third-order valence-corrected chi connectivity index (χ3v) is 5.96. The fraction of sp³-hybridized carbons (Fsp3) is 0.368. The largest absolute Gasteiger partial charge is 0.496 e. The zero-order chi connectivity index (χ0) is 18.4. The lowest BCUT2D eigenvalue weighted by Gasteiger charge is -2.19. The predicted molar refractivity (Wildman–Crippen MR) is 102 cm³/mol. The summed E-state index contributed by atoms with van der Waals surface area (Å²) in [5.41, 5.74) is 2.68. The predicted octanol–water partition coefficient (Wildman–Crippen LogP) is 3.12. The van der Waals surface area contributed by atoms with E-state index in [1.54, 1.807) is 26.2 Å². The number of hydrogen-bond donors (Lipinski definition) is 1. The number of benzene rings is 2. The molecule has 0 spiro atoms. The van der Waals surface area contributed by atoms with Crippen molar-refractivity contribution in [3.05, 3.63) is 53.6 Å². The standard InChI is InChI=1S/C19H26N2O3S/c1-15-16(2)19(12-11-18(15)24-4)25(22,23)20-13-8-14-21(3)17-9-6-5-7-10-17/h5-7,9-12,20H,8,13-14H2,1-4H3. The van der Waals surface area contributed by atoms with E-state index in [-0.39, 0.29) is 0 Å². The maximum absolute atomic E-state index is 12.6. The van der Waals surface area contributed by atoms with Crippen molar-refractivity contribution in [1.29, 1.82) is 0 Å². The molecule has 25 heavy (non-hydrogen) atoms. The van der Waals surface area contributed by atoms with Gasteiger partial charge in [0, 0.05) is 25.8 Å². The molecule has 0 aliphatic rings. The lowest BCUT2D eigenvalue weighted by Crippen LogP contribution is -2.28. The van der Waals surface area contributed by atoms with Crippen LogP contribution in [0.4, 0.5) is 5.69 Å². The summed E-state index contributed by atoms with van der Waals surface area (Å²) in [6.45, 7) is 4.83. The molecule has 2 aromatic rings. The zero-order valence-corrected chi connectivity index (χ0v) is 16.1. The van der Waals surface area contributed by atoms with Crippen molar-refractivity contribution in [2.75, 3.05) is 32.1 Å². The molecule has 0 amide bonds. The van der Waals surface area contributed by atoms with Crippen molar-refractivity contribution in [2.45, 2.75) is 25.2 Å². The van der Waals surface area contributed by atoms with Gasteiger partial charge < -0.3 is 9.64 Å². The molecule has 0 aromatic heterocycles. The molecular formula is C19H26N2O3S. The molecule has 1 N–H and O–H groups in total. The number of anilines is 1. The molecule has 0 unspecified atom stereocenters. The molecule has 0 aliphatic heterocycles. The molecule has 2 rings (SSSR count). The second kappa shape index (κ2) is 8.36. The molecule has 5 nitrogen and oxygen atoms in total. The summed E-state index contributed by atoms with van der Waals surface area (Å²) >= 11 is 0. The van der Waals surface area contributed by atoms with Crippen LogP contribution >= 0.6 is 0 Å². The van der Waals surface area contributed by atoms with Gasteiger partial charge in [0.15, 0.2) is 0 Å². The van der Waals surface area contributed by atoms with Crippen molar-refractivity contribution >= 4 is 15.7 Å². The highest BCUT2D eigenvalue weighted by molar-refractivity contribution is 7.89. The maximum atomic E-state index is 12.6. The number of sulfonamides is 1. The van der Waals surface area contributed by atoms with E-state index in [1.165, 1.54) is 0 Å². The summed E-state index contributed by atoms with van der Waals surface area (Å²) < 4.78 is 33.0. The molecular weight excluding hydrogens is 336 g/mol. The van der Waals surface area contributed by atoms with Gasteiger partial charge in [-0.3, -0.25) is 0 Å². The quantitative estimate of drug-likeness (QED) is 0.733. The van der Waals surface area contributed by atoms with Gasteiger partial charge >= 0.3 is 0 Å². The molecule has 0 radical (unpaired) electrons. The van der Waals surface area contributed by atoms with Gasteiger partial charge in [0.2, 0.25) is 10.0 Å². The molecule has 0 saturated carbocycles. The Labute approximate surface area is 150 Å². The summed E-state index contributed by atoms with van der Waals surface area (Å²) in [6.07, 6.45) is 0.721. The van der Waals surface area contributed by atoms with Crippen LogP contribution in [0.2, 0.25) is 0 Å². The van der Waals surface area contributed by atoms with Gasteiger partial charge in [-0.25, -0.2) is 13.1 Å². The van der Waals surface area contributed by atoms with E-state index in [4.69, 9.17) is 4.74 Å². The molecule has 2 aromatic carbocycles. The Balaban J connectivity index is 1.95. The monoisotopic (exact) mass is 362 g/mol. The minimum Gasteiger partial charge on any atom is -0.496 e. The van der Waals surface area contributed by atoms with Gasteiger partial charge in [-0.05, 0) is 55.7 Å². The number of nitrogens with zero attached hydrogens (tertiary/aromatic N) is 1. The van der Waals surface area contributed by atoms with Crippen LogP contribution in [0.3, 0.4) is 0 Å². The number of nitrogens with one attached hydrogen (secondary N) is 1. The van der Waals surface area contributed by atoms with E-state index in [1.807, 2.05) is 44.3 Å². The van der Waals surface area contributed by atoms with Crippen LogP contribution in [0.15, 0.2) is 47.4 Å². The van der Waals surface area contributed by atoms with Crippen LogP contribution in [0.25, 0.3) is 0 Å². The number of hydrogen-bond acceptors (Lipinski definition) is 4. The third-order valence-electron chi connectivity index (χ3n) is 4.36. The van der Waals surface area contributed by atoms with Crippen LogP contribution < -0.4 is 14.4 Å². The van der Waals surface area contributed by atoms with Gasteiger partial charge in [-0.2, -0.15) is 0 Å². The van der Waals surface area contributed by atoms with Crippen molar-refractivity contribution in [2.24, 2.45) is 0 Å². The highest BCUT2D eigenvalue weighted by Gasteiger charge is 2.19. The van der Waals surface area contributed by atoms with Crippen molar-refractivity contribution < 1.29 is 13.2 Å². The first-order valence-corrected chi connectivity index (χ1v) is 9.75. The Morgan fingerprint density at radius 1 is 1.04 bits per heavy atom. The Morgan fingerprint density at radius 2 is 1.72 bits per heavy atom. The molecule has 0 heterocycles. The minimum atomic E-state index is -3.53. The molecule has 0 bridgehead atoms. The number of ether oxygens (including phenoxy) is 1. The molecule has 0 saturated heterocycles. The average molecular weight is 362 g/mol. The van der Waals surface area contributed by atoms with Crippen LogP contribution in [0.5, 0.6) is 5.75 Å². The first-order valence-electron chi connectivity index (χ1n) is 8.27. The second-order valence-electron chi connectivity index (χ2n) is 6.02. The van der Waals surface area contributed by atoms with Gasteiger partial charge in [-0.15, -0.1) is 0 Å². The van der Waals surface area contributed by atoms with Gasteiger partial charge in [-0.1, -0.05) is 18.2 Å². The van der Waals surface area contributed by atoms with E-state index in [0.29, 0.717) is 22.8 Å². The highest BCUT2D eigenvalue weighted by atomic mass is 32.2. The summed E-state index contributed by atoms with van der Waals surface area (Å²) in [5, 5.41) is 0. The van der Waals surface area contributed by atoms with Crippen molar-refractivity contribution in [1.82, 2.24) is 4.72 Å². The molecule has 6 heteroatoms. The SMILES string of the molecule is COc1ccc(S(=O)(=O)NCCCN(C)c2ccccc2)c(C)c1C. The van der Waals surface area contributed by atoms with E-state index >= 15 is 0 Å².